The molecular weight excluding hydrogens is 236 g/mol. The molecule has 0 saturated heterocycles. The number of carbonyl (C=O) groups excluding carboxylic acids is 1. The van der Waals surface area contributed by atoms with Crippen molar-refractivity contribution in [1.29, 1.82) is 0 Å². The molecule has 4 nitrogen and oxygen atoms in total. The minimum atomic E-state index is -0.155. The van der Waals surface area contributed by atoms with E-state index in [1.54, 1.807) is 0 Å². The Balaban J connectivity index is 1.96. The highest BCUT2D eigenvalue weighted by atomic mass is 32.1. The number of anilines is 1. The first-order chi connectivity index (χ1) is 8.29. The Hall–Kier alpha value is -1.46. The number of benzene rings is 1. The van der Waals surface area contributed by atoms with E-state index in [1.165, 1.54) is 11.3 Å². The average Bonchev–Trinajstić information content (AvgIpc) is 2.71. The second-order valence-corrected chi connectivity index (χ2v) is 4.62. The second kappa shape index (κ2) is 5.75. The molecule has 1 aromatic carbocycles. The zero-order valence-corrected chi connectivity index (χ0v) is 10.4. The van der Waals surface area contributed by atoms with E-state index in [0.717, 1.165) is 16.6 Å². The van der Waals surface area contributed by atoms with E-state index in [1.807, 2.05) is 31.2 Å². The number of para-hydroxylation sites is 1. The third-order valence-electron chi connectivity index (χ3n) is 2.12. The van der Waals surface area contributed by atoms with Crippen LogP contribution in [0.25, 0.3) is 10.2 Å². The van der Waals surface area contributed by atoms with Crippen LogP contribution in [-0.2, 0) is 9.53 Å². The fraction of sp³-hybridized carbons (Fsp3) is 0.333. The van der Waals surface area contributed by atoms with Crippen molar-refractivity contribution in [1.82, 2.24) is 4.98 Å². The quantitative estimate of drug-likeness (QED) is 0.830. The highest BCUT2D eigenvalue weighted by molar-refractivity contribution is 7.22. The van der Waals surface area contributed by atoms with E-state index in [-0.39, 0.29) is 12.5 Å². The molecule has 0 spiro atoms. The van der Waals surface area contributed by atoms with Gasteiger partial charge in [-0.2, -0.15) is 0 Å². The van der Waals surface area contributed by atoms with E-state index in [4.69, 9.17) is 4.74 Å². The summed E-state index contributed by atoms with van der Waals surface area (Å²) in [4.78, 5) is 15.8. The van der Waals surface area contributed by atoms with Crippen LogP contribution in [-0.4, -0.2) is 24.1 Å². The SMILES string of the molecule is CCCOCC(=O)Nc1nc2ccccc2s1. The van der Waals surface area contributed by atoms with Gasteiger partial charge in [0.2, 0.25) is 0 Å². The molecule has 1 heterocycles. The zero-order valence-electron chi connectivity index (χ0n) is 9.60. The third kappa shape index (κ3) is 3.25. The van der Waals surface area contributed by atoms with Crippen molar-refractivity contribution in [2.45, 2.75) is 13.3 Å². The van der Waals surface area contributed by atoms with E-state index in [9.17, 15) is 4.79 Å². The Kier molecular flexibility index (Phi) is 4.06. The molecule has 0 bridgehead atoms. The van der Waals surface area contributed by atoms with Gasteiger partial charge in [-0.3, -0.25) is 10.1 Å². The van der Waals surface area contributed by atoms with E-state index >= 15 is 0 Å². The smallest absolute Gasteiger partial charge is 0.252 e. The lowest BCUT2D eigenvalue weighted by atomic mass is 10.3. The molecular formula is C12H14N2O2S. The monoisotopic (exact) mass is 250 g/mol. The summed E-state index contributed by atoms with van der Waals surface area (Å²) in [5.74, 6) is -0.155. The molecule has 17 heavy (non-hydrogen) atoms. The minimum Gasteiger partial charge on any atom is -0.372 e. The molecule has 0 radical (unpaired) electrons. The first-order valence-corrected chi connectivity index (χ1v) is 6.34. The maximum absolute atomic E-state index is 11.5. The molecule has 0 atom stereocenters. The first kappa shape index (κ1) is 12.0. The summed E-state index contributed by atoms with van der Waals surface area (Å²) >= 11 is 1.47. The number of amides is 1. The summed E-state index contributed by atoms with van der Waals surface area (Å²) in [6, 6.07) is 7.79. The molecule has 0 aliphatic heterocycles. The van der Waals surface area contributed by atoms with Crippen LogP contribution in [0.1, 0.15) is 13.3 Å². The molecule has 1 amide bonds. The number of hydrogen-bond acceptors (Lipinski definition) is 4. The van der Waals surface area contributed by atoms with Crippen LogP contribution >= 0.6 is 11.3 Å². The van der Waals surface area contributed by atoms with Gasteiger partial charge in [0.15, 0.2) is 5.13 Å². The topological polar surface area (TPSA) is 51.2 Å². The van der Waals surface area contributed by atoms with Gasteiger partial charge in [0.05, 0.1) is 10.2 Å². The predicted octanol–water partition coefficient (Wildman–Crippen LogP) is 2.66. The van der Waals surface area contributed by atoms with Crippen molar-refractivity contribution in [2.24, 2.45) is 0 Å². The lowest BCUT2D eigenvalue weighted by molar-refractivity contribution is -0.120. The van der Waals surface area contributed by atoms with Gasteiger partial charge in [-0.1, -0.05) is 30.4 Å². The second-order valence-electron chi connectivity index (χ2n) is 3.59. The number of carbonyl (C=O) groups is 1. The predicted molar refractivity (Wildman–Crippen MR) is 69.4 cm³/mol. The van der Waals surface area contributed by atoms with Gasteiger partial charge in [-0.15, -0.1) is 0 Å². The fourth-order valence-corrected chi connectivity index (χ4v) is 2.27. The molecule has 0 saturated carbocycles. The van der Waals surface area contributed by atoms with Gasteiger partial charge in [-0.25, -0.2) is 4.98 Å². The lowest BCUT2D eigenvalue weighted by Crippen LogP contribution is -2.18. The Morgan fingerprint density at radius 1 is 1.47 bits per heavy atom. The van der Waals surface area contributed by atoms with Gasteiger partial charge in [-0.05, 0) is 18.6 Å². The average molecular weight is 250 g/mol. The number of nitrogens with one attached hydrogen (secondary N) is 1. The highest BCUT2D eigenvalue weighted by Crippen LogP contribution is 2.25. The summed E-state index contributed by atoms with van der Waals surface area (Å²) in [6.45, 7) is 2.70. The minimum absolute atomic E-state index is 0.0871. The van der Waals surface area contributed by atoms with Gasteiger partial charge < -0.3 is 4.74 Å². The van der Waals surface area contributed by atoms with Crippen molar-refractivity contribution in [3.8, 4) is 0 Å². The number of ether oxygens (including phenoxy) is 1. The molecule has 90 valence electrons. The van der Waals surface area contributed by atoms with Crippen LogP contribution in [0, 0.1) is 0 Å². The summed E-state index contributed by atoms with van der Waals surface area (Å²) in [5.41, 5.74) is 0.905. The summed E-state index contributed by atoms with van der Waals surface area (Å²) in [7, 11) is 0. The number of fused-ring (bicyclic) bond motifs is 1. The van der Waals surface area contributed by atoms with Gasteiger partial charge in [0.1, 0.15) is 6.61 Å². The van der Waals surface area contributed by atoms with Gasteiger partial charge in [0, 0.05) is 6.61 Å². The number of aromatic nitrogens is 1. The van der Waals surface area contributed by atoms with Crippen LogP contribution in [0.5, 0.6) is 0 Å². The molecule has 2 rings (SSSR count). The largest absolute Gasteiger partial charge is 0.372 e. The Labute approximate surface area is 104 Å². The van der Waals surface area contributed by atoms with E-state index in [2.05, 4.69) is 10.3 Å². The Morgan fingerprint density at radius 3 is 3.06 bits per heavy atom. The number of nitrogens with zero attached hydrogens (tertiary/aromatic N) is 1. The molecule has 5 heteroatoms. The molecule has 0 unspecified atom stereocenters. The molecule has 0 aliphatic rings. The number of rotatable bonds is 5. The van der Waals surface area contributed by atoms with Crippen molar-refractivity contribution in [2.75, 3.05) is 18.5 Å². The van der Waals surface area contributed by atoms with Crippen LogP contribution in [0.4, 0.5) is 5.13 Å². The zero-order chi connectivity index (χ0) is 12.1. The van der Waals surface area contributed by atoms with Gasteiger partial charge in [0.25, 0.3) is 5.91 Å². The maximum atomic E-state index is 11.5. The molecule has 1 aromatic heterocycles. The third-order valence-corrected chi connectivity index (χ3v) is 3.07. The van der Waals surface area contributed by atoms with E-state index in [0.29, 0.717) is 11.7 Å². The maximum Gasteiger partial charge on any atom is 0.252 e. The Morgan fingerprint density at radius 2 is 2.29 bits per heavy atom. The summed E-state index contributed by atoms with van der Waals surface area (Å²) in [6.07, 6.45) is 0.911. The van der Waals surface area contributed by atoms with Crippen LogP contribution < -0.4 is 5.32 Å². The van der Waals surface area contributed by atoms with E-state index < -0.39 is 0 Å². The molecule has 1 N–H and O–H groups in total. The first-order valence-electron chi connectivity index (χ1n) is 5.52. The molecule has 2 aromatic rings. The van der Waals surface area contributed by atoms with Crippen molar-refractivity contribution in [3.05, 3.63) is 24.3 Å². The number of hydrogen-bond donors (Lipinski definition) is 1. The van der Waals surface area contributed by atoms with Crippen LogP contribution in [0.15, 0.2) is 24.3 Å². The van der Waals surface area contributed by atoms with Crippen LogP contribution in [0.3, 0.4) is 0 Å². The van der Waals surface area contributed by atoms with Crippen molar-refractivity contribution >= 4 is 32.6 Å². The van der Waals surface area contributed by atoms with Crippen LogP contribution in [0.2, 0.25) is 0 Å². The fourth-order valence-electron chi connectivity index (χ4n) is 1.39. The number of thiazole rings is 1. The van der Waals surface area contributed by atoms with Crippen molar-refractivity contribution in [3.63, 3.8) is 0 Å². The summed E-state index contributed by atoms with van der Waals surface area (Å²) < 4.78 is 6.22. The van der Waals surface area contributed by atoms with Crippen molar-refractivity contribution < 1.29 is 9.53 Å². The Bertz CT molecular complexity index is 477. The normalized spacial score (nSPS) is 10.6. The summed E-state index contributed by atoms with van der Waals surface area (Å²) in [5, 5.41) is 3.36. The molecule has 0 fully saturated rings. The highest BCUT2D eigenvalue weighted by Gasteiger charge is 2.07. The lowest BCUT2D eigenvalue weighted by Gasteiger charge is -2.01. The molecule has 0 aliphatic carbocycles. The standard InChI is InChI=1S/C12H14N2O2S/c1-2-7-16-8-11(15)14-12-13-9-5-3-4-6-10(9)17-12/h3-6H,2,7-8H2,1H3,(H,13,14,15). The van der Waals surface area contributed by atoms with Gasteiger partial charge >= 0.3 is 0 Å².